The molecule has 7 nitrogen and oxygen atoms in total. The van der Waals surface area contributed by atoms with Crippen LogP contribution >= 0.6 is 0 Å². The van der Waals surface area contributed by atoms with Gasteiger partial charge in [0.1, 0.15) is 18.1 Å². The lowest BCUT2D eigenvalue weighted by Gasteiger charge is -2.14. The van der Waals surface area contributed by atoms with E-state index in [1.807, 2.05) is 32.9 Å². The molecule has 0 fully saturated rings. The molecule has 0 bridgehead atoms. The molecule has 0 spiro atoms. The Hall–Kier alpha value is -3.09. The highest BCUT2D eigenvalue weighted by atomic mass is 16.5. The van der Waals surface area contributed by atoms with Crippen molar-refractivity contribution in [2.45, 2.75) is 34.3 Å². The Morgan fingerprint density at radius 2 is 2.04 bits per heavy atom. The molecule has 0 aliphatic carbocycles. The lowest BCUT2D eigenvalue weighted by molar-refractivity contribution is -0.118. The van der Waals surface area contributed by atoms with E-state index in [4.69, 9.17) is 9.26 Å². The second-order valence-corrected chi connectivity index (χ2v) is 6.52. The van der Waals surface area contributed by atoms with Crippen LogP contribution in [0.4, 0.5) is 5.69 Å². The molecule has 0 saturated heterocycles. The highest BCUT2D eigenvalue weighted by Crippen LogP contribution is 2.27. The number of nitrogens with zero attached hydrogens (tertiary/aromatic N) is 2. The van der Waals surface area contributed by atoms with Gasteiger partial charge in [-0.1, -0.05) is 19.9 Å². The van der Waals surface area contributed by atoms with Gasteiger partial charge in [0.25, 0.3) is 5.56 Å². The summed E-state index contributed by atoms with van der Waals surface area (Å²) >= 11 is 0. The predicted molar refractivity (Wildman–Crippen MR) is 97.4 cm³/mol. The average molecular weight is 355 g/mol. The number of hydrogen-bond donors (Lipinski definition) is 1. The van der Waals surface area contributed by atoms with Crippen LogP contribution < -0.4 is 15.6 Å². The molecule has 3 aromatic rings. The molecular formula is C19H21N3O4. The van der Waals surface area contributed by atoms with E-state index in [-0.39, 0.29) is 24.0 Å². The number of carbonyl (C=O) groups excluding carboxylic acids is 1. The number of aryl methyl sites for hydroxylation is 2. The molecule has 0 unspecified atom stereocenters. The van der Waals surface area contributed by atoms with Crippen molar-refractivity contribution in [3.8, 4) is 5.75 Å². The van der Waals surface area contributed by atoms with Gasteiger partial charge in [-0.05, 0) is 31.5 Å². The zero-order valence-corrected chi connectivity index (χ0v) is 15.2. The van der Waals surface area contributed by atoms with Crippen LogP contribution in [0.5, 0.6) is 5.75 Å². The quantitative estimate of drug-likeness (QED) is 0.760. The fraction of sp³-hybridized carbons (Fsp3) is 0.316. The van der Waals surface area contributed by atoms with Crippen LogP contribution in [0.1, 0.15) is 30.9 Å². The Morgan fingerprint density at radius 1 is 1.27 bits per heavy atom. The van der Waals surface area contributed by atoms with Crippen molar-refractivity contribution in [3.05, 3.63) is 57.7 Å². The van der Waals surface area contributed by atoms with E-state index in [1.165, 1.54) is 6.07 Å². The molecule has 0 aliphatic heterocycles. The van der Waals surface area contributed by atoms with E-state index in [0.29, 0.717) is 28.5 Å². The van der Waals surface area contributed by atoms with Crippen molar-refractivity contribution in [2.24, 2.45) is 5.92 Å². The summed E-state index contributed by atoms with van der Waals surface area (Å²) in [5, 5.41) is 2.85. The number of nitrogens with one attached hydrogen (secondary N) is 1. The van der Waals surface area contributed by atoms with Crippen molar-refractivity contribution >= 4 is 17.2 Å². The van der Waals surface area contributed by atoms with E-state index < -0.39 is 0 Å². The molecule has 1 N–H and O–H groups in total. The van der Waals surface area contributed by atoms with Crippen molar-refractivity contribution in [1.82, 2.24) is 9.56 Å². The average Bonchev–Trinajstić information content (AvgIpc) is 2.95. The predicted octanol–water partition coefficient (Wildman–Crippen LogP) is 3.08. The van der Waals surface area contributed by atoms with Gasteiger partial charge in [0.2, 0.25) is 5.91 Å². The normalized spacial score (nSPS) is 11.1. The number of benzene rings is 1. The molecule has 2 heterocycles. The number of fused-ring (bicyclic) bond motifs is 1. The minimum Gasteiger partial charge on any atom is -0.485 e. The fourth-order valence-corrected chi connectivity index (χ4v) is 2.43. The van der Waals surface area contributed by atoms with Gasteiger partial charge >= 0.3 is 0 Å². The monoisotopic (exact) mass is 355 g/mol. The van der Waals surface area contributed by atoms with Crippen molar-refractivity contribution < 1.29 is 14.1 Å². The lowest BCUT2D eigenvalue weighted by Crippen LogP contribution is -2.18. The van der Waals surface area contributed by atoms with Gasteiger partial charge in [0, 0.05) is 18.1 Å². The highest BCUT2D eigenvalue weighted by molar-refractivity contribution is 5.93. The van der Waals surface area contributed by atoms with Gasteiger partial charge < -0.3 is 14.6 Å². The Kier molecular flexibility index (Phi) is 4.79. The zero-order valence-electron chi connectivity index (χ0n) is 15.2. The molecule has 0 saturated carbocycles. The first-order chi connectivity index (χ1) is 12.3. The minimum atomic E-state index is -0.306. The number of anilines is 1. The first-order valence-electron chi connectivity index (χ1n) is 8.37. The van der Waals surface area contributed by atoms with Crippen molar-refractivity contribution in [2.75, 3.05) is 5.32 Å². The molecular weight excluding hydrogens is 334 g/mol. The third-order valence-electron chi connectivity index (χ3n) is 3.82. The second kappa shape index (κ2) is 7.03. The maximum Gasteiger partial charge on any atom is 0.287 e. The summed E-state index contributed by atoms with van der Waals surface area (Å²) in [6.45, 7) is 7.43. The van der Waals surface area contributed by atoms with Gasteiger partial charge in [-0.3, -0.25) is 9.59 Å². The first kappa shape index (κ1) is 17.7. The summed E-state index contributed by atoms with van der Waals surface area (Å²) < 4.78 is 12.2. The summed E-state index contributed by atoms with van der Waals surface area (Å²) in [6, 6.07) is 8.59. The molecule has 26 heavy (non-hydrogen) atoms. The largest absolute Gasteiger partial charge is 0.485 e. The van der Waals surface area contributed by atoms with Crippen LogP contribution in [0.25, 0.3) is 5.65 Å². The lowest BCUT2D eigenvalue weighted by atomic mass is 10.1. The Balaban J connectivity index is 1.84. The van der Waals surface area contributed by atoms with E-state index in [2.05, 4.69) is 10.3 Å². The number of rotatable bonds is 5. The molecule has 136 valence electrons. The Morgan fingerprint density at radius 3 is 2.77 bits per heavy atom. The van der Waals surface area contributed by atoms with E-state index in [9.17, 15) is 9.59 Å². The molecule has 1 aromatic carbocycles. The van der Waals surface area contributed by atoms with Crippen LogP contribution in [-0.2, 0) is 11.4 Å². The summed E-state index contributed by atoms with van der Waals surface area (Å²) in [5.41, 5.74) is 2.20. The second-order valence-electron chi connectivity index (χ2n) is 6.52. The van der Waals surface area contributed by atoms with Crippen molar-refractivity contribution in [1.29, 1.82) is 0 Å². The summed E-state index contributed by atoms with van der Waals surface area (Å²) in [5.74, 6) is 0.900. The smallest absolute Gasteiger partial charge is 0.287 e. The van der Waals surface area contributed by atoms with Crippen LogP contribution in [0.2, 0.25) is 0 Å². The van der Waals surface area contributed by atoms with Crippen LogP contribution in [0.15, 0.2) is 39.6 Å². The van der Waals surface area contributed by atoms with Gasteiger partial charge in [0.05, 0.1) is 11.4 Å². The van der Waals surface area contributed by atoms with Crippen LogP contribution in [0, 0.1) is 19.8 Å². The number of ether oxygens (including phenoxy) is 1. The molecule has 1 amide bonds. The standard InChI is InChI=1S/C19H21N3O4/c1-11(2)19(24)21-15-6-5-12(3)7-16(15)25-10-14-9-18(23)22-17(20-14)8-13(4)26-22/h5-9,11H,10H2,1-4H3,(H,21,24). The minimum absolute atomic E-state index is 0.0923. The molecule has 0 aliphatic rings. The number of aromatic nitrogens is 2. The summed E-state index contributed by atoms with van der Waals surface area (Å²) in [4.78, 5) is 28.4. The van der Waals surface area contributed by atoms with Crippen LogP contribution in [0.3, 0.4) is 0 Å². The Labute approximate surface area is 150 Å². The van der Waals surface area contributed by atoms with E-state index in [0.717, 1.165) is 10.1 Å². The first-order valence-corrected chi connectivity index (χ1v) is 8.37. The SMILES string of the molecule is Cc1ccc(NC(=O)C(C)C)c(OCc2cc(=O)n3oc(C)cc3n2)c1. The molecule has 7 heteroatoms. The van der Waals surface area contributed by atoms with Gasteiger partial charge in [-0.2, -0.15) is 0 Å². The third kappa shape index (κ3) is 3.77. The fourth-order valence-electron chi connectivity index (χ4n) is 2.43. The van der Waals surface area contributed by atoms with Crippen LogP contribution in [-0.4, -0.2) is 15.5 Å². The third-order valence-corrected chi connectivity index (χ3v) is 3.82. The Bertz CT molecular complexity index is 1020. The van der Waals surface area contributed by atoms with Gasteiger partial charge in [0.15, 0.2) is 5.65 Å². The molecule has 0 radical (unpaired) electrons. The van der Waals surface area contributed by atoms with E-state index >= 15 is 0 Å². The molecule has 0 atom stereocenters. The maximum absolute atomic E-state index is 12.1. The highest BCUT2D eigenvalue weighted by Gasteiger charge is 2.13. The van der Waals surface area contributed by atoms with Gasteiger partial charge in [-0.15, -0.1) is 4.57 Å². The molecule has 2 aromatic heterocycles. The number of carbonyl (C=O) groups is 1. The summed E-state index contributed by atoms with van der Waals surface area (Å²) in [7, 11) is 0. The number of amides is 1. The van der Waals surface area contributed by atoms with Crippen molar-refractivity contribution in [3.63, 3.8) is 0 Å². The maximum atomic E-state index is 12.1. The molecule has 3 rings (SSSR count). The zero-order chi connectivity index (χ0) is 18.8. The van der Waals surface area contributed by atoms with Gasteiger partial charge in [-0.25, -0.2) is 4.98 Å². The number of hydrogen-bond acceptors (Lipinski definition) is 5. The summed E-state index contributed by atoms with van der Waals surface area (Å²) in [6.07, 6.45) is 0. The topological polar surface area (TPSA) is 85.8 Å². The van der Waals surface area contributed by atoms with E-state index in [1.54, 1.807) is 19.1 Å².